The summed E-state index contributed by atoms with van der Waals surface area (Å²) in [4.78, 5) is 4.21. The molecule has 1 heterocycles. The van der Waals surface area contributed by atoms with Crippen LogP contribution in [0.15, 0.2) is 23.2 Å². The third-order valence-corrected chi connectivity index (χ3v) is 5.13. The molecule has 1 fully saturated rings. The first-order valence-corrected chi connectivity index (χ1v) is 9.44. The molecule has 1 saturated heterocycles. The average molecular weight is 501 g/mol. The van der Waals surface area contributed by atoms with Crippen molar-refractivity contribution in [2.75, 3.05) is 26.0 Å². The van der Waals surface area contributed by atoms with Gasteiger partial charge in [-0.3, -0.25) is 4.99 Å². The molecule has 0 radical (unpaired) electrons. The number of ether oxygens (including phenoxy) is 2. The van der Waals surface area contributed by atoms with Crippen LogP contribution in [0.5, 0.6) is 11.5 Å². The third kappa shape index (κ3) is 7.73. The van der Waals surface area contributed by atoms with Gasteiger partial charge in [-0.2, -0.15) is 20.5 Å². The van der Waals surface area contributed by atoms with Crippen molar-refractivity contribution in [2.45, 2.75) is 38.2 Å². The van der Waals surface area contributed by atoms with Gasteiger partial charge in [0.25, 0.3) is 0 Å². The molecule has 1 aromatic rings. The molecule has 26 heavy (non-hydrogen) atoms. The molecule has 2 rings (SSSR count). The summed E-state index contributed by atoms with van der Waals surface area (Å²) >= 11 is 1.99. The van der Waals surface area contributed by atoms with E-state index in [2.05, 4.69) is 20.4 Å². The van der Waals surface area contributed by atoms with Gasteiger partial charge in [0, 0.05) is 25.4 Å². The second-order valence-corrected chi connectivity index (χ2v) is 6.94. The summed E-state index contributed by atoms with van der Waals surface area (Å²) in [6, 6.07) is 4.93. The summed E-state index contributed by atoms with van der Waals surface area (Å²) < 4.78 is 34.7. The van der Waals surface area contributed by atoms with E-state index in [0.29, 0.717) is 24.2 Å². The van der Waals surface area contributed by atoms with Crippen LogP contribution in [0.1, 0.15) is 25.3 Å². The highest BCUT2D eigenvalue weighted by molar-refractivity contribution is 14.0. The van der Waals surface area contributed by atoms with Crippen LogP contribution in [0.4, 0.5) is 8.78 Å². The first-order valence-electron chi connectivity index (χ1n) is 8.39. The molecule has 9 heteroatoms. The molecule has 0 amide bonds. The maximum atomic E-state index is 12.4. The van der Waals surface area contributed by atoms with E-state index in [1.54, 1.807) is 26.1 Å². The molecule has 1 atom stereocenters. The van der Waals surface area contributed by atoms with Crippen LogP contribution in [-0.4, -0.2) is 43.8 Å². The van der Waals surface area contributed by atoms with Gasteiger partial charge in [0.05, 0.1) is 6.61 Å². The number of nitrogens with one attached hydrogen (secondary N) is 2. The topological polar surface area (TPSA) is 54.9 Å². The predicted octanol–water partition coefficient (Wildman–Crippen LogP) is 3.87. The zero-order valence-corrected chi connectivity index (χ0v) is 18.1. The molecular formula is C17H26F2IN3O2S. The normalized spacial score (nSPS) is 17.0. The van der Waals surface area contributed by atoms with Crippen molar-refractivity contribution >= 4 is 41.7 Å². The van der Waals surface area contributed by atoms with E-state index in [0.717, 1.165) is 18.1 Å². The van der Waals surface area contributed by atoms with Gasteiger partial charge < -0.3 is 20.1 Å². The number of hydrogen-bond acceptors (Lipinski definition) is 4. The van der Waals surface area contributed by atoms with Crippen molar-refractivity contribution in [3.8, 4) is 11.5 Å². The molecule has 148 valence electrons. The van der Waals surface area contributed by atoms with Crippen molar-refractivity contribution in [2.24, 2.45) is 4.99 Å². The van der Waals surface area contributed by atoms with Gasteiger partial charge in [0.15, 0.2) is 17.5 Å². The Kier molecular flexibility index (Phi) is 11.0. The SMILES string of the molecule is CCOc1cc(CNC(=NC)NCC2CCCS2)ccc1OC(F)F.I. The van der Waals surface area contributed by atoms with Crippen molar-refractivity contribution in [3.05, 3.63) is 23.8 Å². The van der Waals surface area contributed by atoms with Crippen LogP contribution in [0.2, 0.25) is 0 Å². The van der Waals surface area contributed by atoms with E-state index in [1.165, 1.54) is 24.7 Å². The maximum absolute atomic E-state index is 12.4. The van der Waals surface area contributed by atoms with E-state index < -0.39 is 6.61 Å². The van der Waals surface area contributed by atoms with Crippen LogP contribution in [0.25, 0.3) is 0 Å². The van der Waals surface area contributed by atoms with E-state index in [4.69, 9.17) is 4.74 Å². The zero-order chi connectivity index (χ0) is 18.1. The second kappa shape index (κ2) is 12.4. The van der Waals surface area contributed by atoms with Gasteiger partial charge in [-0.05, 0) is 43.2 Å². The predicted molar refractivity (Wildman–Crippen MR) is 113 cm³/mol. The Morgan fingerprint density at radius 3 is 2.77 bits per heavy atom. The third-order valence-electron chi connectivity index (χ3n) is 3.73. The molecule has 1 unspecified atom stereocenters. The largest absolute Gasteiger partial charge is 0.490 e. The van der Waals surface area contributed by atoms with Crippen molar-refractivity contribution in [1.82, 2.24) is 10.6 Å². The summed E-state index contributed by atoms with van der Waals surface area (Å²) in [7, 11) is 1.72. The molecule has 0 aliphatic carbocycles. The van der Waals surface area contributed by atoms with Gasteiger partial charge >= 0.3 is 6.61 Å². The summed E-state index contributed by atoms with van der Waals surface area (Å²) in [5, 5.41) is 7.18. The number of nitrogens with zero attached hydrogens (tertiary/aromatic N) is 1. The van der Waals surface area contributed by atoms with Crippen LogP contribution in [-0.2, 0) is 6.54 Å². The van der Waals surface area contributed by atoms with Crippen molar-refractivity contribution in [3.63, 3.8) is 0 Å². The molecule has 2 N–H and O–H groups in total. The Balaban J connectivity index is 0.00000338. The monoisotopic (exact) mass is 501 g/mol. The number of benzene rings is 1. The van der Waals surface area contributed by atoms with E-state index >= 15 is 0 Å². The number of aliphatic imine (C=N–C) groups is 1. The Hall–Kier alpha value is -0.970. The Morgan fingerprint density at radius 1 is 1.35 bits per heavy atom. The van der Waals surface area contributed by atoms with Crippen LogP contribution < -0.4 is 20.1 Å². The molecule has 1 aliphatic rings. The smallest absolute Gasteiger partial charge is 0.387 e. The summed E-state index contributed by atoms with van der Waals surface area (Å²) in [6.45, 7) is 0.685. The highest BCUT2D eigenvalue weighted by Crippen LogP contribution is 2.30. The van der Waals surface area contributed by atoms with Crippen LogP contribution in [0, 0.1) is 0 Å². The number of rotatable bonds is 8. The number of halogens is 3. The molecule has 0 bridgehead atoms. The lowest BCUT2D eigenvalue weighted by atomic mass is 10.2. The summed E-state index contributed by atoms with van der Waals surface area (Å²) in [6.07, 6.45) is 2.51. The number of thioether (sulfide) groups is 1. The number of hydrogen-bond donors (Lipinski definition) is 2. The number of guanidine groups is 1. The minimum absolute atomic E-state index is 0. The Bertz CT molecular complexity index is 573. The first kappa shape index (κ1) is 23.1. The van der Waals surface area contributed by atoms with Crippen LogP contribution in [0.3, 0.4) is 0 Å². The standard InChI is InChI=1S/C17H25F2N3O2S.HI/c1-3-23-15-9-12(6-7-14(15)24-16(18)19)10-21-17(20-2)22-11-13-5-4-8-25-13;/h6-7,9,13,16H,3-5,8,10-11H2,1-2H3,(H2,20,21,22);1H. The zero-order valence-electron chi connectivity index (χ0n) is 15.0. The minimum Gasteiger partial charge on any atom is -0.490 e. The highest BCUT2D eigenvalue weighted by atomic mass is 127. The average Bonchev–Trinajstić information content (AvgIpc) is 3.10. The molecule has 1 aliphatic heterocycles. The van der Waals surface area contributed by atoms with E-state index in [9.17, 15) is 8.78 Å². The summed E-state index contributed by atoms with van der Waals surface area (Å²) in [5.41, 5.74) is 0.892. The van der Waals surface area contributed by atoms with Crippen molar-refractivity contribution in [1.29, 1.82) is 0 Å². The molecule has 5 nitrogen and oxygen atoms in total. The van der Waals surface area contributed by atoms with Crippen molar-refractivity contribution < 1.29 is 18.3 Å². The maximum Gasteiger partial charge on any atom is 0.387 e. The lowest BCUT2D eigenvalue weighted by Crippen LogP contribution is -2.39. The summed E-state index contributed by atoms with van der Waals surface area (Å²) in [5.74, 6) is 2.30. The first-order chi connectivity index (χ1) is 12.1. The van der Waals surface area contributed by atoms with Gasteiger partial charge in [0.2, 0.25) is 0 Å². The molecule has 1 aromatic carbocycles. The fraction of sp³-hybridized carbons (Fsp3) is 0.588. The van der Waals surface area contributed by atoms with Crippen LogP contribution >= 0.6 is 35.7 Å². The highest BCUT2D eigenvalue weighted by Gasteiger charge is 2.16. The molecule has 0 saturated carbocycles. The second-order valence-electron chi connectivity index (χ2n) is 5.53. The quantitative estimate of drug-likeness (QED) is 0.322. The lowest BCUT2D eigenvalue weighted by molar-refractivity contribution is -0.0514. The van der Waals surface area contributed by atoms with Gasteiger partial charge in [0.1, 0.15) is 0 Å². The van der Waals surface area contributed by atoms with Gasteiger partial charge in [-0.1, -0.05) is 6.07 Å². The number of alkyl halides is 2. The molecule has 0 spiro atoms. The van der Waals surface area contributed by atoms with Gasteiger partial charge in [-0.25, -0.2) is 0 Å². The fourth-order valence-corrected chi connectivity index (χ4v) is 3.75. The van der Waals surface area contributed by atoms with E-state index in [-0.39, 0.29) is 29.7 Å². The van der Waals surface area contributed by atoms with E-state index in [1.807, 2.05) is 11.8 Å². The molecular weight excluding hydrogens is 475 g/mol. The van der Waals surface area contributed by atoms with Gasteiger partial charge in [-0.15, -0.1) is 24.0 Å². The Morgan fingerprint density at radius 2 is 2.15 bits per heavy atom. The lowest BCUT2D eigenvalue weighted by Gasteiger charge is -2.16. The molecule has 0 aromatic heterocycles. The Labute approximate surface area is 174 Å². The minimum atomic E-state index is -2.88. The fourth-order valence-electron chi connectivity index (χ4n) is 2.55.